The van der Waals surface area contributed by atoms with Gasteiger partial charge in [-0.15, -0.1) is 6.42 Å². The average molecular weight is 519 g/mol. The predicted octanol–water partition coefficient (Wildman–Crippen LogP) is 5.90. The van der Waals surface area contributed by atoms with Crippen LogP contribution >= 0.6 is 0 Å². The van der Waals surface area contributed by atoms with E-state index in [2.05, 4.69) is 26.5 Å². The number of carbonyl (C=O) groups excluding carboxylic acids is 1. The Morgan fingerprint density at radius 3 is 2.72 bits per heavy atom. The van der Waals surface area contributed by atoms with Gasteiger partial charge in [-0.05, 0) is 75.2 Å². The third-order valence-electron chi connectivity index (χ3n) is 6.36. The third-order valence-corrected chi connectivity index (χ3v) is 6.36. The van der Waals surface area contributed by atoms with Crippen LogP contribution in [-0.2, 0) is 6.54 Å². The normalized spacial score (nSPS) is 12.3. The van der Waals surface area contributed by atoms with E-state index in [1.165, 1.54) is 0 Å². The molecule has 1 atom stereocenters. The quantitative estimate of drug-likeness (QED) is 0.223. The van der Waals surface area contributed by atoms with Crippen LogP contribution in [-0.4, -0.2) is 15.9 Å². The molecule has 0 fully saturated rings. The van der Waals surface area contributed by atoms with Crippen LogP contribution in [0.25, 0.3) is 16.5 Å². The summed E-state index contributed by atoms with van der Waals surface area (Å²) in [6.07, 6.45) is 15.5. The van der Waals surface area contributed by atoms with E-state index in [0.29, 0.717) is 34.5 Å². The molecule has 1 amide bonds. The zero-order valence-electron chi connectivity index (χ0n) is 22.4. The van der Waals surface area contributed by atoms with Gasteiger partial charge in [-0.3, -0.25) is 14.6 Å². The van der Waals surface area contributed by atoms with Crippen molar-refractivity contribution in [1.82, 2.24) is 15.3 Å². The molecule has 2 N–H and O–H groups in total. The van der Waals surface area contributed by atoms with Crippen molar-refractivity contribution < 1.29 is 9.21 Å². The Labute approximate surface area is 227 Å². The summed E-state index contributed by atoms with van der Waals surface area (Å²) in [5.41, 5.74) is 5.01. The number of hydrogen-bond donors (Lipinski definition) is 2. The summed E-state index contributed by atoms with van der Waals surface area (Å²) >= 11 is 0. The van der Waals surface area contributed by atoms with Crippen LogP contribution in [0.1, 0.15) is 58.4 Å². The number of aryl methyl sites for hydroxylation is 1. The number of carbonyl (C=O) groups is 1. The van der Waals surface area contributed by atoms with E-state index in [1.807, 2.05) is 51.1 Å². The molecule has 196 valence electrons. The second kappa shape index (κ2) is 12.1. The number of nitrogens with one attached hydrogen (secondary N) is 2. The maximum Gasteiger partial charge on any atom is 0.272 e. The Balaban J connectivity index is 1.71. The Bertz CT molecular complexity index is 1680. The summed E-state index contributed by atoms with van der Waals surface area (Å²) in [5, 5.41) is 6.80. The van der Waals surface area contributed by atoms with Gasteiger partial charge in [0.25, 0.3) is 5.91 Å². The molecule has 0 bridgehead atoms. The lowest BCUT2D eigenvalue weighted by molar-refractivity contribution is 0.0946. The number of anilines is 1. The van der Waals surface area contributed by atoms with Gasteiger partial charge in [0.05, 0.1) is 17.1 Å². The Hall–Kier alpha value is -4.96. The first-order chi connectivity index (χ1) is 18.8. The van der Waals surface area contributed by atoms with Crippen LogP contribution in [0.2, 0.25) is 0 Å². The van der Waals surface area contributed by atoms with Gasteiger partial charge in [0.15, 0.2) is 11.1 Å². The average Bonchev–Trinajstić information content (AvgIpc) is 2.95. The fourth-order valence-corrected chi connectivity index (χ4v) is 4.39. The van der Waals surface area contributed by atoms with Gasteiger partial charge in [0.1, 0.15) is 11.3 Å². The topological polar surface area (TPSA) is 97.1 Å². The van der Waals surface area contributed by atoms with Gasteiger partial charge in [-0.2, -0.15) is 0 Å². The van der Waals surface area contributed by atoms with Crippen molar-refractivity contribution in [3.8, 4) is 12.3 Å². The van der Waals surface area contributed by atoms with E-state index < -0.39 is 0 Å². The summed E-state index contributed by atoms with van der Waals surface area (Å²) in [5.74, 6) is 2.63. The lowest BCUT2D eigenvalue weighted by Gasteiger charge is -2.20. The van der Waals surface area contributed by atoms with E-state index in [0.717, 1.165) is 22.3 Å². The molecule has 1 unspecified atom stereocenters. The molecule has 7 nitrogen and oxygen atoms in total. The summed E-state index contributed by atoms with van der Waals surface area (Å²) in [6, 6.07) is 10.8. The highest BCUT2D eigenvalue weighted by molar-refractivity contribution is 5.97. The highest BCUT2D eigenvalue weighted by atomic mass is 16.3. The standard InChI is InChI=1S/C32H30N4O3/c1-6-8-12-24(7-2)30-21(4)29(37)26-17-20(3)16-25(31(26)39-30)22(5)36-27-13-10-15-34-28(27)32(38)35-19-23-11-9-14-33-18-23/h1,7-18,22,36H,19H2,2-5H3,(H,35,38)/b12-8-,24-7+. The molecule has 0 aliphatic carbocycles. The van der Waals surface area contributed by atoms with Gasteiger partial charge in [0.2, 0.25) is 0 Å². The van der Waals surface area contributed by atoms with Crippen molar-refractivity contribution in [3.05, 3.63) is 117 Å². The number of nitrogens with zero attached hydrogens (tertiary/aromatic N) is 2. The molecule has 0 aliphatic rings. The minimum Gasteiger partial charge on any atom is -0.455 e. The van der Waals surface area contributed by atoms with Crippen molar-refractivity contribution in [2.75, 3.05) is 5.32 Å². The molecule has 0 spiro atoms. The van der Waals surface area contributed by atoms with Crippen molar-refractivity contribution in [2.45, 2.75) is 40.3 Å². The van der Waals surface area contributed by atoms with E-state index in [4.69, 9.17) is 10.8 Å². The zero-order chi connectivity index (χ0) is 27.9. The van der Waals surface area contributed by atoms with Gasteiger partial charge in [-0.1, -0.05) is 24.1 Å². The highest BCUT2D eigenvalue weighted by Gasteiger charge is 2.21. The second-order valence-corrected chi connectivity index (χ2v) is 9.17. The van der Waals surface area contributed by atoms with Crippen LogP contribution in [0.4, 0.5) is 5.69 Å². The summed E-state index contributed by atoms with van der Waals surface area (Å²) in [6.45, 7) is 7.84. The maximum atomic E-state index is 13.4. The van der Waals surface area contributed by atoms with E-state index >= 15 is 0 Å². The summed E-state index contributed by atoms with van der Waals surface area (Å²) in [7, 11) is 0. The van der Waals surface area contributed by atoms with Crippen molar-refractivity contribution in [3.63, 3.8) is 0 Å². The molecule has 0 radical (unpaired) electrons. The SMILES string of the molecule is C#C/C=C\C(=C/C)c1oc2c(C(C)Nc3cccnc3C(=O)NCc3cccnc3)cc(C)cc2c(=O)c1C. The second-order valence-electron chi connectivity index (χ2n) is 9.17. The number of amides is 1. The van der Waals surface area contributed by atoms with Crippen molar-refractivity contribution >= 4 is 28.1 Å². The lowest BCUT2D eigenvalue weighted by Crippen LogP contribution is -2.25. The molecule has 3 aromatic heterocycles. The predicted molar refractivity (Wildman–Crippen MR) is 155 cm³/mol. The number of allylic oxidation sites excluding steroid dienone is 4. The first kappa shape index (κ1) is 27.1. The maximum absolute atomic E-state index is 13.4. The monoisotopic (exact) mass is 518 g/mol. The molecule has 7 heteroatoms. The molecule has 4 aromatic rings. The number of benzene rings is 1. The number of pyridine rings is 2. The van der Waals surface area contributed by atoms with E-state index in [-0.39, 0.29) is 23.1 Å². The van der Waals surface area contributed by atoms with Gasteiger partial charge >= 0.3 is 0 Å². The Morgan fingerprint density at radius 1 is 1.21 bits per heavy atom. The molecule has 4 rings (SSSR count). The third kappa shape index (κ3) is 5.97. The number of rotatable bonds is 8. The van der Waals surface area contributed by atoms with Crippen LogP contribution in [0.15, 0.2) is 82.4 Å². The smallest absolute Gasteiger partial charge is 0.272 e. The highest BCUT2D eigenvalue weighted by Crippen LogP contribution is 2.31. The number of hydrogen-bond acceptors (Lipinski definition) is 6. The van der Waals surface area contributed by atoms with Gasteiger partial charge in [0, 0.05) is 41.8 Å². The minimum absolute atomic E-state index is 0.103. The van der Waals surface area contributed by atoms with Crippen LogP contribution in [0, 0.1) is 26.2 Å². The first-order valence-electron chi connectivity index (χ1n) is 12.6. The fraction of sp³-hybridized carbons (Fsp3) is 0.188. The van der Waals surface area contributed by atoms with Gasteiger partial charge in [-0.25, -0.2) is 4.98 Å². The van der Waals surface area contributed by atoms with E-state index in [1.54, 1.807) is 49.8 Å². The van der Waals surface area contributed by atoms with E-state index in [9.17, 15) is 9.59 Å². The van der Waals surface area contributed by atoms with Crippen LogP contribution in [0.5, 0.6) is 0 Å². The molecule has 3 heterocycles. The number of aromatic nitrogens is 2. The lowest BCUT2D eigenvalue weighted by atomic mass is 9.98. The molecular formula is C32H30N4O3. The molecule has 0 saturated carbocycles. The van der Waals surface area contributed by atoms with Crippen molar-refractivity contribution in [1.29, 1.82) is 0 Å². The molecule has 1 aromatic carbocycles. The fourth-order valence-electron chi connectivity index (χ4n) is 4.39. The Kier molecular flexibility index (Phi) is 8.37. The minimum atomic E-state index is -0.324. The molecule has 0 saturated heterocycles. The van der Waals surface area contributed by atoms with Crippen molar-refractivity contribution in [2.24, 2.45) is 0 Å². The first-order valence-corrected chi connectivity index (χ1v) is 12.6. The summed E-state index contributed by atoms with van der Waals surface area (Å²) in [4.78, 5) is 34.9. The zero-order valence-corrected chi connectivity index (χ0v) is 22.4. The molecular weight excluding hydrogens is 488 g/mol. The molecule has 0 aliphatic heterocycles. The largest absolute Gasteiger partial charge is 0.455 e. The van der Waals surface area contributed by atoms with Crippen LogP contribution < -0.4 is 16.1 Å². The van der Waals surface area contributed by atoms with Crippen LogP contribution in [0.3, 0.4) is 0 Å². The summed E-state index contributed by atoms with van der Waals surface area (Å²) < 4.78 is 6.40. The number of terminal acetylenes is 1. The Morgan fingerprint density at radius 2 is 2.00 bits per heavy atom. The number of fused-ring (bicyclic) bond motifs is 1. The van der Waals surface area contributed by atoms with Gasteiger partial charge < -0.3 is 15.1 Å². The molecule has 39 heavy (non-hydrogen) atoms.